The van der Waals surface area contributed by atoms with Crippen molar-refractivity contribution in [3.8, 4) is 17.4 Å². The summed E-state index contributed by atoms with van der Waals surface area (Å²) >= 11 is 0. The standard InChI is InChI=1S/C19H15FN8O/c1-29-19-13-15(21)23-17(24-16(13)25-26-19)14-11-6-4-8-22-18(11)28(27-14)9-10-5-2-3-7-12(10)20/h2-8H,9H2,1H3,(H3,21,23,24,25,26). The maximum atomic E-state index is 14.1. The molecular formula is C19H15FN8O. The van der Waals surface area contributed by atoms with E-state index in [9.17, 15) is 4.39 Å². The van der Waals surface area contributed by atoms with Crippen LogP contribution in [0.2, 0.25) is 0 Å². The highest BCUT2D eigenvalue weighted by molar-refractivity contribution is 5.94. The first-order chi connectivity index (χ1) is 14.2. The lowest BCUT2D eigenvalue weighted by atomic mass is 10.2. The molecule has 0 saturated carbocycles. The number of H-pyrrole nitrogens is 1. The van der Waals surface area contributed by atoms with E-state index in [1.807, 2.05) is 6.07 Å². The molecule has 0 amide bonds. The topological polar surface area (TPSA) is 120 Å². The van der Waals surface area contributed by atoms with E-state index in [1.165, 1.54) is 13.2 Å². The van der Waals surface area contributed by atoms with Crippen LogP contribution in [-0.2, 0) is 6.54 Å². The van der Waals surface area contributed by atoms with E-state index in [0.717, 1.165) is 5.39 Å². The van der Waals surface area contributed by atoms with Crippen molar-refractivity contribution < 1.29 is 9.13 Å². The van der Waals surface area contributed by atoms with Crippen molar-refractivity contribution in [3.05, 3.63) is 54.0 Å². The van der Waals surface area contributed by atoms with Crippen LogP contribution in [0.4, 0.5) is 10.2 Å². The second kappa shape index (κ2) is 6.51. The molecule has 5 aromatic rings. The van der Waals surface area contributed by atoms with Crippen molar-refractivity contribution in [2.45, 2.75) is 6.54 Å². The minimum atomic E-state index is -0.305. The van der Waals surface area contributed by atoms with Gasteiger partial charge in [0.25, 0.3) is 0 Å². The molecule has 4 aromatic heterocycles. The molecule has 0 saturated heterocycles. The zero-order chi connectivity index (χ0) is 20.0. The van der Waals surface area contributed by atoms with Gasteiger partial charge >= 0.3 is 0 Å². The number of nitrogens with zero attached hydrogens (tertiary/aromatic N) is 6. The van der Waals surface area contributed by atoms with Crippen molar-refractivity contribution >= 4 is 27.9 Å². The molecule has 0 aliphatic carbocycles. The van der Waals surface area contributed by atoms with Crippen LogP contribution in [0.5, 0.6) is 5.88 Å². The minimum Gasteiger partial charge on any atom is -0.479 e. The fourth-order valence-electron chi connectivity index (χ4n) is 3.26. The minimum absolute atomic E-state index is 0.218. The summed E-state index contributed by atoms with van der Waals surface area (Å²) in [7, 11) is 1.49. The largest absolute Gasteiger partial charge is 0.479 e. The van der Waals surface area contributed by atoms with E-state index >= 15 is 0 Å². The van der Waals surface area contributed by atoms with Crippen molar-refractivity contribution in [1.29, 1.82) is 0 Å². The average Bonchev–Trinajstić information content (AvgIpc) is 3.32. The number of rotatable bonds is 4. The highest BCUT2D eigenvalue weighted by Crippen LogP contribution is 2.30. The summed E-state index contributed by atoms with van der Waals surface area (Å²) in [4.78, 5) is 13.3. The van der Waals surface area contributed by atoms with Crippen molar-refractivity contribution in [3.63, 3.8) is 0 Å². The number of nitrogen functional groups attached to an aromatic ring is 1. The lowest BCUT2D eigenvalue weighted by Gasteiger charge is -2.04. The molecule has 5 rings (SSSR count). The third kappa shape index (κ3) is 2.73. The van der Waals surface area contributed by atoms with E-state index in [4.69, 9.17) is 10.5 Å². The third-order valence-corrected chi connectivity index (χ3v) is 4.60. The molecule has 1 aromatic carbocycles. The van der Waals surface area contributed by atoms with E-state index < -0.39 is 0 Å². The fraction of sp³-hybridized carbons (Fsp3) is 0.105. The van der Waals surface area contributed by atoms with Crippen molar-refractivity contribution in [2.24, 2.45) is 0 Å². The molecular weight excluding hydrogens is 375 g/mol. The van der Waals surface area contributed by atoms with Crippen LogP contribution < -0.4 is 10.5 Å². The van der Waals surface area contributed by atoms with Crippen molar-refractivity contribution in [2.75, 3.05) is 12.8 Å². The summed E-state index contributed by atoms with van der Waals surface area (Å²) in [6, 6.07) is 10.2. The first-order valence-electron chi connectivity index (χ1n) is 8.76. The van der Waals surface area contributed by atoms with Gasteiger partial charge in [0.2, 0.25) is 5.88 Å². The summed E-state index contributed by atoms with van der Waals surface area (Å²) < 4.78 is 20.9. The Morgan fingerprint density at radius 1 is 1.17 bits per heavy atom. The number of hydrogen-bond donors (Lipinski definition) is 2. The van der Waals surface area contributed by atoms with Crippen molar-refractivity contribution in [1.82, 2.24) is 34.9 Å². The first kappa shape index (κ1) is 17.0. The molecule has 0 aliphatic rings. The number of hydrogen-bond acceptors (Lipinski definition) is 7. The monoisotopic (exact) mass is 390 g/mol. The van der Waals surface area contributed by atoms with Crippen LogP contribution in [0.3, 0.4) is 0 Å². The van der Waals surface area contributed by atoms with Gasteiger partial charge in [0.05, 0.1) is 19.0 Å². The smallest absolute Gasteiger partial charge is 0.245 e. The number of methoxy groups -OCH3 is 1. The van der Waals surface area contributed by atoms with Gasteiger partial charge in [-0.05, 0) is 18.2 Å². The number of ether oxygens (including phenoxy) is 1. The Balaban J connectivity index is 1.68. The zero-order valence-electron chi connectivity index (χ0n) is 15.3. The predicted molar refractivity (Wildman–Crippen MR) is 105 cm³/mol. The Morgan fingerprint density at radius 2 is 2.03 bits per heavy atom. The molecule has 144 valence electrons. The highest BCUT2D eigenvalue weighted by atomic mass is 19.1. The van der Waals surface area contributed by atoms with E-state index in [2.05, 4.69) is 30.2 Å². The fourth-order valence-corrected chi connectivity index (χ4v) is 3.26. The van der Waals surface area contributed by atoms with Crippen LogP contribution in [-0.4, -0.2) is 42.0 Å². The number of pyridine rings is 1. The van der Waals surface area contributed by atoms with Gasteiger partial charge in [0.15, 0.2) is 17.1 Å². The van der Waals surface area contributed by atoms with E-state index in [0.29, 0.717) is 39.6 Å². The maximum absolute atomic E-state index is 14.1. The zero-order valence-corrected chi connectivity index (χ0v) is 15.3. The molecule has 3 N–H and O–H groups in total. The molecule has 0 atom stereocenters. The van der Waals surface area contributed by atoms with Gasteiger partial charge in [-0.3, -0.25) is 5.10 Å². The molecule has 10 heteroatoms. The Bertz CT molecular complexity index is 1360. The van der Waals surface area contributed by atoms with Gasteiger partial charge in [0, 0.05) is 11.8 Å². The number of fused-ring (bicyclic) bond motifs is 2. The number of nitrogens with one attached hydrogen (secondary N) is 1. The lowest BCUT2D eigenvalue weighted by Crippen LogP contribution is -2.05. The quantitative estimate of drug-likeness (QED) is 0.484. The Hall–Kier alpha value is -4.08. The Labute approximate surface area is 163 Å². The molecule has 0 fully saturated rings. The highest BCUT2D eigenvalue weighted by Gasteiger charge is 2.20. The van der Waals surface area contributed by atoms with Crippen LogP contribution in [0, 0.1) is 5.82 Å². The molecule has 0 spiro atoms. The Kier molecular flexibility index (Phi) is 3.83. The number of nitrogens with two attached hydrogens (primary N) is 1. The molecule has 0 aliphatic heterocycles. The third-order valence-electron chi connectivity index (χ3n) is 4.60. The first-order valence-corrected chi connectivity index (χ1v) is 8.76. The molecule has 0 unspecified atom stereocenters. The van der Waals surface area contributed by atoms with E-state index in [-0.39, 0.29) is 18.2 Å². The second-order valence-electron chi connectivity index (χ2n) is 6.36. The number of anilines is 1. The molecule has 9 nitrogen and oxygen atoms in total. The van der Waals surface area contributed by atoms with Gasteiger partial charge in [-0.2, -0.15) is 5.10 Å². The number of aromatic nitrogens is 7. The number of halogens is 1. The second-order valence-corrected chi connectivity index (χ2v) is 6.36. The van der Waals surface area contributed by atoms with Crippen LogP contribution in [0.25, 0.3) is 33.6 Å². The summed E-state index contributed by atoms with van der Waals surface area (Å²) in [5.41, 5.74) is 8.14. The van der Waals surface area contributed by atoms with Gasteiger partial charge in [-0.1, -0.05) is 18.2 Å². The summed E-state index contributed by atoms with van der Waals surface area (Å²) in [5.74, 6) is 0.545. The maximum Gasteiger partial charge on any atom is 0.245 e. The SMILES string of the molecule is COc1n[nH]c2nc(-c3nn(Cc4ccccc4F)c4ncccc34)nc(N)c12. The summed E-state index contributed by atoms with van der Waals surface area (Å²) in [6.07, 6.45) is 1.66. The summed E-state index contributed by atoms with van der Waals surface area (Å²) in [6.45, 7) is 0.218. The number of aromatic amines is 1. The van der Waals surface area contributed by atoms with Gasteiger partial charge in [-0.15, -0.1) is 5.10 Å². The van der Waals surface area contributed by atoms with Crippen LogP contribution in [0.15, 0.2) is 42.6 Å². The lowest BCUT2D eigenvalue weighted by molar-refractivity contribution is 0.401. The average molecular weight is 390 g/mol. The molecule has 4 heterocycles. The van der Waals surface area contributed by atoms with Gasteiger partial charge < -0.3 is 10.5 Å². The van der Waals surface area contributed by atoms with Crippen LogP contribution in [0.1, 0.15) is 5.56 Å². The van der Waals surface area contributed by atoms with Gasteiger partial charge in [-0.25, -0.2) is 24.0 Å². The van der Waals surface area contributed by atoms with E-state index in [1.54, 1.807) is 35.1 Å². The molecule has 0 radical (unpaired) electrons. The van der Waals surface area contributed by atoms with Crippen LogP contribution >= 0.6 is 0 Å². The molecule has 29 heavy (non-hydrogen) atoms. The Morgan fingerprint density at radius 3 is 2.86 bits per heavy atom. The number of benzene rings is 1. The van der Waals surface area contributed by atoms with Gasteiger partial charge in [0.1, 0.15) is 22.7 Å². The normalized spacial score (nSPS) is 11.4. The predicted octanol–water partition coefficient (Wildman–Crippen LogP) is 2.54. The molecule has 0 bridgehead atoms. The summed E-state index contributed by atoms with van der Waals surface area (Å²) in [5, 5.41) is 12.7.